The molecule has 0 unspecified atom stereocenters. The molecule has 1 aromatic rings. The van der Waals surface area contributed by atoms with Gasteiger partial charge in [-0.2, -0.15) is 0 Å². The van der Waals surface area contributed by atoms with Gasteiger partial charge < -0.3 is 0 Å². The molecule has 0 aliphatic heterocycles. The van der Waals surface area contributed by atoms with Gasteiger partial charge in [-0.3, -0.25) is 0 Å². The predicted octanol–water partition coefficient (Wildman–Crippen LogP) is 3.96. The lowest BCUT2D eigenvalue weighted by molar-refractivity contribution is 0.562. The van der Waals surface area contributed by atoms with Gasteiger partial charge in [-0.25, -0.2) is 9.79 Å². The third kappa shape index (κ3) is 3.28. The van der Waals surface area contributed by atoms with E-state index < -0.39 is 0 Å². The van der Waals surface area contributed by atoms with E-state index >= 15 is 0 Å². The molecule has 0 radical (unpaired) electrons. The maximum Gasteiger partial charge on any atom is 0.235 e. The van der Waals surface area contributed by atoms with E-state index in [9.17, 15) is 4.79 Å². The van der Waals surface area contributed by atoms with Crippen LogP contribution >= 0.6 is 0 Å². The van der Waals surface area contributed by atoms with Crippen molar-refractivity contribution in [3.63, 3.8) is 0 Å². The van der Waals surface area contributed by atoms with Gasteiger partial charge in [-0.05, 0) is 29.9 Å². The van der Waals surface area contributed by atoms with Crippen molar-refractivity contribution < 1.29 is 4.79 Å². The highest BCUT2D eigenvalue weighted by atomic mass is 16.1. The van der Waals surface area contributed by atoms with Crippen LogP contribution in [0.4, 0.5) is 0 Å². The highest BCUT2D eigenvalue weighted by molar-refractivity contribution is 5.36. The predicted molar refractivity (Wildman–Crippen MR) is 68.7 cm³/mol. The summed E-state index contributed by atoms with van der Waals surface area (Å²) in [4.78, 5) is 13.9. The van der Waals surface area contributed by atoms with E-state index in [1.54, 1.807) is 6.08 Å². The standard InChI is InChI=1S/C15H19NO/c17-12-16-11-14-9-5-6-10-15(14)13-7-3-1-2-4-8-13/h5-6,9-10,13H,1-4,7-8,11H2. The summed E-state index contributed by atoms with van der Waals surface area (Å²) in [6.07, 6.45) is 9.58. The minimum atomic E-state index is 0.482. The molecule has 1 aliphatic carbocycles. The van der Waals surface area contributed by atoms with Crippen LogP contribution in [-0.2, 0) is 11.3 Å². The van der Waals surface area contributed by atoms with Crippen LogP contribution < -0.4 is 0 Å². The Labute approximate surface area is 103 Å². The van der Waals surface area contributed by atoms with Crippen LogP contribution in [-0.4, -0.2) is 6.08 Å². The molecule has 0 amide bonds. The van der Waals surface area contributed by atoms with E-state index in [4.69, 9.17) is 0 Å². The molecule has 2 heteroatoms. The molecule has 0 atom stereocenters. The van der Waals surface area contributed by atoms with Crippen LogP contribution in [0.3, 0.4) is 0 Å². The van der Waals surface area contributed by atoms with Gasteiger partial charge in [-0.1, -0.05) is 49.9 Å². The van der Waals surface area contributed by atoms with Gasteiger partial charge in [-0.15, -0.1) is 0 Å². The topological polar surface area (TPSA) is 29.4 Å². The molecule has 1 saturated carbocycles. The molecule has 1 aromatic carbocycles. The van der Waals surface area contributed by atoms with Crippen LogP contribution in [0, 0.1) is 0 Å². The molecule has 17 heavy (non-hydrogen) atoms. The van der Waals surface area contributed by atoms with E-state index in [1.165, 1.54) is 49.7 Å². The normalized spacial score (nSPS) is 17.2. The Morgan fingerprint density at radius 3 is 2.53 bits per heavy atom. The smallest absolute Gasteiger partial charge is 0.211 e. The molecule has 0 heterocycles. The summed E-state index contributed by atoms with van der Waals surface area (Å²) in [5.74, 6) is 0.663. The first-order valence-corrected chi connectivity index (χ1v) is 6.53. The largest absolute Gasteiger partial charge is 0.235 e. The van der Waals surface area contributed by atoms with Gasteiger partial charge in [0.2, 0.25) is 6.08 Å². The minimum absolute atomic E-state index is 0.482. The van der Waals surface area contributed by atoms with Gasteiger partial charge in [0.1, 0.15) is 0 Å². The molecule has 90 valence electrons. The number of rotatable bonds is 3. The van der Waals surface area contributed by atoms with E-state index in [-0.39, 0.29) is 0 Å². The second kappa shape index (κ2) is 6.36. The molecule has 1 fully saturated rings. The molecule has 0 N–H and O–H groups in total. The van der Waals surface area contributed by atoms with Crippen molar-refractivity contribution in [2.45, 2.75) is 51.0 Å². The van der Waals surface area contributed by atoms with Gasteiger partial charge in [0.15, 0.2) is 0 Å². The first-order valence-electron chi connectivity index (χ1n) is 6.53. The number of hydrogen-bond donors (Lipinski definition) is 0. The van der Waals surface area contributed by atoms with Gasteiger partial charge in [0, 0.05) is 0 Å². The summed E-state index contributed by atoms with van der Waals surface area (Å²) in [7, 11) is 0. The number of hydrogen-bond acceptors (Lipinski definition) is 2. The highest BCUT2D eigenvalue weighted by Crippen LogP contribution is 2.33. The van der Waals surface area contributed by atoms with Crippen molar-refractivity contribution in [1.82, 2.24) is 0 Å². The highest BCUT2D eigenvalue weighted by Gasteiger charge is 2.16. The van der Waals surface area contributed by atoms with E-state index in [0.717, 1.165) is 0 Å². The fraction of sp³-hybridized carbons (Fsp3) is 0.533. The first-order chi connectivity index (χ1) is 8.42. The van der Waals surface area contributed by atoms with Crippen molar-refractivity contribution >= 4 is 6.08 Å². The molecular formula is C15H19NO. The summed E-state index contributed by atoms with van der Waals surface area (Å²) < 4.78 is 0. The molecule has 0 spiro atoms. The lowest BCUT2D eigenvalue weighted by Gasteiger charge is -2.17. The average Bonchev–Trinajstić information content (AvgIpc) is 2.65. The summed E-state index contributed by atoms with van der Waals surface area (Å²) in [5.41, 5.74) is 2.59. The average molecular weight is 229 g/mol. The van der Waals surface area contributed by atoms with Crippen LogP contribution in [0.5, 0.6) is 0 Å². The van der Waals surface area contributed by atoms with Crippen LogP contribution in [0.2, 0.25) is 0 Å². The third-order valence-electron chi connectivity index (χ3n) is 3.66. The zero-order valence-corrected chi connectivity index (χ0v) is 10.2. The van der Waals surface area contributed by atoms with E-state index in [1.807, 2.05) is 6.07 Å². The zero-order valence-electron chi connectivity index (χ0n) is 10.2. The minimum Gasteiger partial charge on any atom is -0.211 e. The van der Waals surface area contributed by atoms with Crippen molar-refractivity contribution in [3.8, 4) is 0 Å². The quantitative estimate of drug-likeness (QED) is 0.438. The van der Waals surface area contributed by atoms with Crippen LogP contribution in [0.15, 0.2) is 29.3 Å². The third-order valence-corrected chi connectivity index (χ3v) is 3.66. The molecule has 0 saturated heterocycles. The molecular weight excluding hydrogens is 210 g/mol. The zero-order chi connectivity index (χ0) is 11.9. The number of isocyanates is 1. The first kappa shape index (κ1) is 12.1. The van der Waals surface area contributed by atoms with E-state index in [0.29, 0.717) is 12.5 Å². The Balaban J connectivity index is 2.19. The molecule has 1 aliphatic rings. The second-order valence-corrected chi connectivity index (χ2v) is 4.79. The molecule has 0 bridgehead atoms. The Morgan fingerprint density at radius 1 is 1.12 bits per heavy atom. The number of benzene rings is 1. The molecule has 0 aromatic heterocycles. The Kier molecular flexibility index (Phi) is 4.52. The lowest BCUT2D eigenvalue weighted by Crippen LogP contribution is -2.01. The van der Waals surface area contributed by atoms with Crippen molar-refractivity contribution in [3.05, 3.63) is 35.4 Å². The van der Waals surface area contributed by atoms with E-state index in [2.05, 4.69) is 23.2 Å². The monoisotopic (exact) mass is 229 g/mol. The fourth-order valence-electron chi connectivity index (χ4n) is 2.78. The fourth-order valence-corrected chi connectivity index (χ4v) is 2.78. The summed E-state index contributed by atoms with van der Waals surface area (Å²) >= 11 is 0. The Hall–Kier alpha value is -1.40. The summed E-state index contributed by atoms with van der Waals surface area (Å²) in [6.45, 7) is 0.482. The lowest BCUT2D eigenvalue weighted by atomic mass is 9.88. The molecule has 2 rings (SSSR count). The van der Waals surface area contributed by atoms with Crippen LogP contribution in [0.1, 0.15) is 55.6 Å². The maximum absolute atomic E-state index is 10.2. The van der Waals surface area contributed by atoms with Crippen molar-refractivity contribution in [2.75, 3.05) is 0 Å². The number of nitrogens with zero attached hydrogens (tertiary/aromatic N) is 1. The SMILES string of the molecule is O=C=NCc1ccccc1C1CCCCCC1. The number of carbonyl (C=O) groups excluding carboxylic acids is 1. The second-order valence-electron chi connectivity index (χ2n) is 4.79. The van der Waals surface area contributed by atoms with Crippen LogP contribution in [0.25, 0.3) is 0 Å². The van der Waals surface area contributed by atoms with Gasteiger partial charge in [0.25, 0.3) is 0 Å². The number of aliphatic imine (C=N–C) groups is 1. The maximum atomic E-state index is 10.2. The van der Waals surface area contributed by atoms with Crippen molar-refractivity contribution in [1.29, 1.82) is 0 Å². The summed E-state index contributed by atoms with van der Waals surface area (Å²) in [5, 5.41) is 0. The Morgan fingerprint density at radius 2 is 1.82 bits per heavy atom. The molecule has 2 nitrogen and oxygen atoms in total. The summed E-state index contributed by atoms with van der Waals surface area (Å²) in [6, 6.07) is 8.40. The van der Waals surface area contributed by atoms with Gasteiger partial charge >= 0.3 is 0 Å². The Bertz CT molecular complexity index is 399. The van der Waals surface area contributed by atoms with Gasteiger partial charge in [0.05, 0.1) is 6.54 Å². The van der Waals surface area contributed by atoms with Crippen molar-refractivity contribution in [2.24, 2.45) is 4.99 Å².